The second-order valence-corrected chi connectivity index (χ2v) is 14.6. The minimum absolute atomic E-state index is 0.0190. The fraction of sp³-hybridized carbons (Fsp3) is 0.621. The van der Waals surface area contributed by atoms with Gasteiger partial charge in [0.1, 0.15) is 23.7 Å². The van der Waals surface area contributed by atoms with Crippen molar-refractivity contribution >= 4 is 39.9 Å². The first-order valence-corrected chi connectivity index (χ1v) is 15.8. The van der Waals surface area contributed by atoms with Crippen molar-refractivity contribution in [2.75, 3.05) is 11.9 Å². The smallest absolute Gasteiger partial charge is 0.293 e. The molecular formula is C29H39N5O7S. The molecule has 2 saturated carbocycles. The lowest BCUT2D eigenvalue weighted by molar-refractivity contribution is -0.142. The number of sulfonamides is 1. The number of carbonyl (C=O) groups excluding carboxylic acids is 4. The zero-order valence-corrected chi connectivity index (χ0v) is 25.4. The highest BCUT2D eigenvalue weighted by molar-refractivity contribution is 7.91. The van der Waals surface area contributed by atoms with Crippen LogP contribution in [0.2, 0.25) is 0 Å². The molecule has 3 N–H and O–H groups in total. The van der Waals surface area contributed by atoms with Crippen LogP contribution in [-0.2, 0) is 33.9 Å². The second kappa shape index (κ2) is 11.6. The highest BCUT2D eigenvalue weighted by Crippen LogP contribution is 2.47. The van der Waals surface area contributed by atoms with Crippen LogP contribution in [0.4, 0.5) is 5.69 Å². The van der Waals surface area contributed by atoms with E-state index < -0.39 is 62.1 Å². The molecule has 228 valence electrons. The number of hydrogen-bond donors (Lipinski definition) is 3. The largest absolute Gasteiger partial charge is 0.463 e. The Hall–Kier alpha value is -3.66. The number of likely N-dealkylation sites (tertiary alicyclic amines) is 1. The van der Waals surface area contributed by atoms with E-state index in [0.717, 1.165) is 5.56 Å². The van der Waals surface area contributed by atoms with Crippen LogP contribution in [0.3, 0.4) is 0 Å². The van der Waals surface area contributed by atoms with Crippen LogP contribution in [0.1, 0.15) is 70.9 Å². The van der Waals surface area contributed by atoms with E-state index in [-0.39, 0.29) is 31.8 Å². The van der Waals surface area contributed by atoms with E-state index in [0.29, 0.717) is 30.5 Å². The van der Waals surface area contributed by atoms with Crippen molar-refractivity contribution in [3.63, 3.8) is 0 Å². The second-order valence-electron chi connectivity index (χ2n) is 12.6. The summed E-state index contributed by atoms with van der Waals surface area (Å²) in [4.78, 5) is 53.6. The van der Waals surface area contributed by atoms with Crippen molar-refractivity contribution in [3.05, 3.63) is 29.3 Å². The van der Waals surface area contributed by atoms with Crippen molar-refractivity contribution in [1.29, 1.82) is 5.26 Å². The molecule has 0 aromatic heterocycles. The summed E-state index contributed by atoms with van der Waals surface area (Å²) in [5.41, 5.74) is -0.229. The molecule has 0 spiro atoms. The SMILES string of the molecule is CCC1C[C@]1(NC(=O)C1C[C@@H](OC=O)CN1C(=O)[C@@H](Nc1ccc(C)c(C#N)c1)C(C)(C)C)C(=O)NS(=O)(=O)C1CC1. The van der Waals surface area contributed by atoms with Crippen LogP contribution >= 0.6 is 0 Å². The third-order valence-electron chi connectivity index (χ3n) is 8.43. The van der Waals surface area contributed by atoms with E-state index in [1.54, 1.807) is 18.2 Å². The number of ether oxygens (including phenoxy) is 1. The summed E-state index contributed by atoms with van der Waals surface area (Å²) in [5, 5.41) is 14.9. The van der Waals surface area contributed by atoms with Crippen LogP contribution < -0.4 is 15.4 Å². The summed E-state index contributed by atoms with van der Waals surface area (Å²) in [7, 11) is -3.82. The zero-order valence-electron chi connectivity index (χ0n) is 24.6. The molecular weight excluding hydrogens is 562 g/mol. The average Bonchev–Trinajstić information content (AvgIpc) is 3.84. The first kappa shape index (κ1) is 31.3. The number of aryl methyl sites for hydroxylation is 1. The molecule has 3 fully saturated rings. The first-order chi connectivity index (χ1) is 19.7. The molecule has 5 atom stereocenters. The van der Waals surface area contributed by atoms with E-state index in [1.165, 1.54) is 4.90 Å². The average molecular weight is 602 g/mol. The molecule has 1 aromatic rings. The van der Waals surface area contributed by atoms with Gasteiger partial charge in [0.25, 0.3) is 12.4 Å². The fourth-order valence-corrected chi connectivity index (χ4v) is 6.94. The Balaban J connectivity index is 1.58. The van der Waals surface area contributed by atoms with Crippen molar-refractivity contribution in [1.82, 2.24) is 14.9 Å². The molecule has 3 aliphatic rings. The molecule has 13 heteroatoms. The maximum atomic E-state index is 14.1. The molecule has 0 bridgehead atoms. The summed E-state index contributed by atoms with van der Waals surface area (Å²) in [5.74, 6) is -2.07. The maximum Gasteiger partial charge on any atom is 0.293 e. The van der Waals surface area contributed by atoms with Gasteiger partial charge in [-0.25, -0.2) is 8.42 Å². The Labute approximate surface area is 246 Å². The fourth-order valence-electron chi connectivity index (χ4n) is 5.58. The predicted molar refractivity (Wildman–Crippen MR) is 153 cm³/mol. The number of nitrogens with one attached hydrogen (secondary N) is 3. The molecule has 1 aromatic carbocycles. The third kappa shape index (κ3) is 6.38. The lowest BCUT2D eigenvalue weighted by Gasteiger charge is -2.36. The van der Waals surface area contributed by atoms with Gasteiger partial charge in [-0.2, -0.15) is 5.26 Å². The Morgan fingerprint density at radius 3 is 2.50 bits per heavy atom. The van der Waals surface area contributed by atoms with Gasteiger partial charge in [0.2, 0.25) is 21.8 Å². The third-order valence-corrected chi connectivity index (χ3v) is 10.2. The number of nitriles is 1. The minimum Gasteiger partial charge on any atom is -0.463 e. The number of rotatable bonds is 11. The van der Waals surface area contributed by atoms with Crippen molar-refractivity contribution in [3.8, 4) is 6.07 Å². The van der Waals surface area contributed by atoms with E-state index in [1.807, 2.05) is 34.6 Å². The molecule has 2 aliphatic carbocycles. The molecule has 4 rings (SSSR count). The van der Waals surface area contributed by atoms with Gasteiger partial charge in [0.15, 0.2) is 0 Å². The number of amides is 3. The van der Waals surface area contributed by atoms with Gasteiger partial charge in [0.05, 0.1) is 23.4 Å². The van der Waals surface area contributed by atoms with Gasteiger partial charge in [-0.3, -0.25) is 23.9 Å². The van der Waals surface area contributed by atoms with E-state index in [9.17, 15) is 32.9 Å². The monoisotopic (exact) mass is 601 g/mol. The Morgan fingerprint density at radius 2 is 1.95 bits per heavy atom. The normalized spacial score (nSPS) is 26.0. The lowest BCUT2D eigenvalue weighted by atomic mass is 9.85. The predicted octanol–water partition coefficient (Wildman–Crippen LogP) is 1.73. The zero-order chi connectivity index (χ0) is 31.0. The summed E-state index contributed by atoms with van der Waals surface area (Å²) >= 11 is 0. The van der Waals surface area contributed by atoms with Crippen LogP contribution in [0.5, 0.6) is 0 Å². The number of anilines is 1. The molecule has 3 amide bonds. The van der Waals surface area contributed by atoms with E-state index in [4.69, 9.17) is 4.74 Å². The lowest BCUT2D eigenvalue weighted by Crippen LogP contribution is -2.58. The first-order valence-electron chi connectivity index (χ1n) is 14.2. The van der Waals surface area contributed by atoms with Crippen molar-refractivity contribution in [2.45, 2.75) is 95.7 Å². The van der Waals surface area contributed by atoms with Gasteiger partial charge >= 0.3 is 0 Å². The molecule has 1 saturated heterocycles. The Morgan fingerprint density at radius 1 is 1.26 bits per heavy atom. The molecule has 1 aliphatic heterocycles. The highest BCUT2D eigenvalue weighted by atomic mass is 32.2. The summed E-state index contributed by atoms with van der Waals surface area (Å²) < 4.78 is 32.3. The van der Waals surface area contributed by atoms with Gasteiger partial charge in [-0.15, -0.1) is 0 Å². The van der Waals surface area contributed by atoms with Crippen LogP contribution in [0, 0.1) is 29.6 Å². The van der Waals surface area contributed by atoms with E-state index >= 15 is 0 Å². The number of benzene rings is 1. The summed E-state index contributed by atoms with van der Waals surface area (Å²) in [6.45, 7) is 9.49. The summed E-state index contributed by atoms with van der Waals surface area (Å²) in [6, 6.07) is 5.44. The molecule has 1 heterocycles. The Bertz CT molecular complexity index is 1410. The number of hydrogen-bond acceptors (Lipinski definition) is 9. The molecule has 42 heavy (non-hydrogen) atoms. The van der Waals surface area contributed by atoms with Crippen molar-refractivity contribution in [2.24, 2.45) is 11.3 Å². The molecule has 2 unspecified atom stereocenters. The standard InChI is InChI=1S/C29H39N5O7S/c1-6-19-13-29(19,27(38)33-42(39,40)22-9-10-22)32-25(36)23-12-21(41-16-35)15-34(23)26(37)24(28(3,4)5)31-20-8-7-17(2)18(11-20)14-30/h7-8,11,16,19,21-24,31H,6,9-10,12-13,15H2,1-5H3,(H,32,36)(H,33,38)/t19?,21-,23?,24-,29-/m1/s1. The van der Waals surface area contributed by atoms with Gasteiger partial charge in [0, 0.05) is 12.1 Å². The number of nitrogens with zero attached hydrogens (tertiary/aromatic N) is 2. The van der Waals surface area contributed by atoms with Crippen molar-refractivity contribution < 1.29 is 32.3 Å². The quantitative estimate of drug-likeness (QED) is 0.319. The minimum atomic E-state index is -3.82. The van der Waals surface area contributed by atoms with E-state index in [2.05, 4.69) is 21.4 Å². The molecule has 12 nitrogen and oxygen atoms in total. The highest BCUT2D eigenvalue weighted by Gasteiger charge is 2.62. The van der Waals surface area contributed by atoms with Crippen LogP contribution in [0.25, 0.3) is 0 Å². The van der Waals surface area contributed by atoms with Gasteiger partial charge in [-0.05, 0) is 55.2 Å². The van der Waals surface area contributed by atoms with Gasteiger partial charge < -0.3 is 20.3 Å². The van der Waals surface area contributed by atoms with Gasteiger partial charge in [-0.1, -0.05) is 40.2 Å². The molecule has 0 radical (unpaired) electrons. The topological polar surface area (TPSA) is 175 Å². The Kier molecular flexibility index (Phi) is 8.60. The number of carbonyl (C=O) groups is 4. The summed E-state index contributed by atoms with van der Waals surface area (Å²) in [6.07, 6.45) is 1.06. The van der Waals surface area contributed by atoms with Crippen LogP contribution in [0.15, 0.2) is 18.2 Å². The van der Waals surface area contributed by atoms with Crippen LogP contribution in [-0.4, -0.2) is 73.0 Å². The maximum absolute atomic E-state index is 14.1.